The molecule has 4 rings (SSSR count). The first kappa shape index (κ1) is 22.9. The number of amides is 1. The van der Waals surface area contributed by atoms with Gasteiger partial charge in [-0.25, -0.2) is 9.48 Å². The first-order valence-corrected chi connectivity index (χ1v) is 11.0. The van der Waals surface area contributed by atoms with Crippen molar-refractivity contribution in [1.82, 2.24) is 15.1 Å². The molecule has 3 aromatic rings. The summed E-state index contributed by atoms with van der Waals surface area (Å²) >= 11 is 0. The summed E-state index contributed by atoms with van der Waals surface area (Å²) in [6, 6.07) is 17.6. The number of para-hydroxylation sites is 1. The van der Waals surface area contributed by atoms with Gasteiger partial charge in [0.15, 0.2) is 5.92 Å². The van der Waals surface area contributed by atoms with Crippen LogP contribution in [-0.2, 0) is 16.0 Å². The summed E-state index contributed by atoms with van der Waals surface area (Å²) in [5.74, 6) is -4.59. The number of carbonyl (C=O) groups is 3. The molecule has 1 aromatic heterocycles. The number of nitrogens with zero attached hydrogens (tertiary/aromatic N) is 3. The number of nitrogens with one attached hydrogen (secondary N) is 1. The molecule has 2 atom stereocenters. The van der Waals surface area contributed by atoms with E-state index in [1.807, 2.05) is 68.4 Å². The number of rotatable bonds is 8. The van der Waals surface area contributed by atoms with E-state index in [0.29, 0.717) is 12.0 Å². The molecule has 2 unspecified atom stereocenters. The quantitative estimate of drug-likeness (QED) is 0.309. The van der Waals surface area contributed by atoms with E-state index in [9.17, 15) is 24.8 Å². The summed E-state index contributed by atoms with van der Waals surface area (Å²) in [5, 5.41) is 26.0. The van der Waals surface area contributed by atoms with E-state index in [1.54, 1.807) is 10.8 Å². The van der Waals surface area contributed by atoms with Crippen molar-refractivity contribution in [3.63, 3.8) is 0 Å². The molecule has 0 radical (unpaired) electrons. The van der Waals surface area contributed by atoms with Crippen LogP contribution < -0.4 is 5.32 Å². The minimum absolute atomic E-state index is 0.000909. The number of aliphatic carboxylic acids is 1. The van der Waals surface area contributed by atoms with Gasteiger partial charge < -0.3 is 10.4 Å². The fourth-order valence-corrected chi connectivity index (χ4v) is 4.27. The summed E-state index contributed by atoms with van der Waals surface area (Å²) in [4.78, 5) is 37.8. The zero-order chi connectivity index (χ0) is 24.4. The van der Waals surface area contributed by atoms with Crippen LogP contribution in [0, 0.1) is 23.2 Å². The summed E-state index contributed by atoms with van der Waals surface area (Å²) in [6.45, 7) is 3.65. The molecule has 1 amide bonds. The lowest BCUT2D eigenvalue weighted by Crippen LogP contribution is -2.45. The van der Waals surface area contributed by atoms with Gasteiger partial charge in [-0.2, -0.15) is 10.4 Å². The van der Waals surface area contributed by atoms with Crippen LogP contribution in [0.25, 0.3) is 16.9 Å². The molecule has 0 bridgehead atoms. The van der Waals surface area contributed by atoms with Gasteiger partial charge in [0.2, 0.25) is 11.7 Å². The van der Waals surface area contributed by atoms with E-state index >= 15 is 0 Å². The first-order chi connectivity index (χ1) is 16.3. The fourth-order valence-electron chi connectivity index (χ4n) is 4.27. The Morgan fingerprint density at radius 1 is 1.12 bits per heavy atom. The molecule has 34 heavy (non-hydrogen) atoms. The van der Waals surface area contributed by atoms with Crippen molar-refractivity contribution in [3.8, 4) is 23.0 Å². The van der Waals surface area contributed by atoms with Gasteiger partial charge in [-0.3, -0.25) is 9.59 Å². The molecule has 0 aliphatic heterocycles. The molecule has 1 aliphatic rings. The molecule has 8 nitrogen and oxygen atoms in total. The van der Waals surface area contributed by atoms with Gasteiger partial charge in [0, 0.05) is 17.5 Å². The number of hydrogen-bond acceptors (Lipinski definition) is 5. The highest BCUT2D eigenvalue weighted by atomic mass is 16.4. The number of aromatic nitrogens is 2. The number of carbonyl (C=O) groups excluding carboxylic acids is 2. The van der Waals surface area contributed by atoms with Crippen LogP contribution in [0.3, 0.4) is 0 Å². The van der Waals surface area contributed by atoms with Crippen molar-refractivity contribution in [2.45, 2.75) is 32.7 Å². The normalized spacial score (nSPS) is 13.5. The maximum atomic E-state index is 13.4. The van der Waals surface area contributed by atoms with Gasteiger partial charge >= 0.3 is 5.97 Å². The van der Waals surface area contributed by atoms with E-state index < -0.39 is 29.6 Å². The number of carboxylic acid groups (broad SMARTS) is 1. The number of ketones is 1. The van der Waals surface area contributed by atoms with Crippen LogP contribution in [0.4, 0.5) is 0 Å². The molecule has 2 aromatic carbocycles. The topological polar surface area (TPSA) is 125 Å². The van der Waals surface area contributed by atoms with E-state index in [4.69, 9.17) is 0 Å². The third-order valence-corrected chi connectivity index (χ3v) is 5.83. The second kappa shape index (κ2) is 9.32. The Bertz CT molecular complexity index is 1300. The number of benzene rings is 2. The minimum atomic E-state index is -1.71. The largest absolute Gasteiger partial charge is 0.480 e. The SMILES string of the molecule is CC(C)CC(NC(=O)C(C#N)C(=O)c1nn(-c2ccccc2)c2c1Cc1ccccc1-2)C(=O)O. The Hall–Kier alpha value is -4.25. The van der Waals surface area contributed by atoms with Crippen LogP contribution in [0.5, 0.6) is 0 Å². The molecule has 1 heterocycles. The van der Waals surface area contributed by atoms with Crippen molar-refractivity contribution in [2.24, 2.45) is 11.8 Å². The standard InChI is InChI=1S/C26H24N4O4/c1-15(2)12-21(26(33)34)28-25(32)20(14-27)24(31)22-19-13-16-8-6-7-11-18(16)23(19)30(29-22)17-9-4-3-5-10-17/h3-11,15,20-21H,12-13H2,1-2H3,(H,28,32)(H,33,34). The number of nitriles is 1. The van der Waals surface area contributed by atoms with E-state index in [0.717, 1.165) is 22.5 Å². The van der Waals surface area contributed by atoms with Gasteiger partial charge in [-0.15, -0.1) is 0 Å². The number of hydrogen-bond donors (Lipinski definition) is 2. The molecular formula is C26H24N4O4. The fraction of sp³-hybridized carbons (Fsp3) is 0.269. The van der Waals surface area contributed by atoms with Crippen molar-refractivity contribution in [2.75, 3.05) is 0 Å². The van der Waals surface area contributed by atoms with E-state index in [2.05, 4.69) is 10.4 Å². The zero-order valence-electron chi connectivity index (χ0n) is 18.9. The third-order valence-electron chi connectivity index (χ3n) is 5.83. The van der Waals surface area contributed by atoms with Gasteiger partial charge in [-0.05, 0) is 30.0 Å². The Kier molecular flexibility index (Phi) is 6.28. The Labute approximate surface area is 196 Å². The number of Topliss-reactive ketones (excluding diaryl/α,β-unsaturated/α-hetero) is 1. The average molecular weight is 457 g/mol. The highest BCUT2D eigenvalue weighted by Gasteiger charge is 2.37. The molecule has 0 saturated heterocycles. The third kappa shape index (κ3) is 4.20. The molecule has 0 spiro atoms. The molecule has 0 fully saturated rings. The van der Waals surface area contributed by atoms with Crippen LogP contribution in [0.2, 0.25) is 0 Å². The predicted molar refractivity (Wildman–Crippen MR) is 124 cm³/mol. The van der Waals surface area contributed by atoms with Gasteiger partial charge in [0.1, 0.15) is 11.7 Å². The summed E-state index contributed by atoms with van der Waals surface area (Å²) in [6.07, 6.45) is 0.630. The summed E-state index contributed by atoms with van der Waals surface area (Å²) in [5.41, 5.74) is 4.16. The minimum Gasteiger partial charge on any atom is -0.480 e. The Morgan fingerprint density at radius 2 is 1.79 bits per heavy atom. The molecule has 8 heteroatoms. The molecule has 0 saturated carbocycles. The Morgan fingerprint density at radius 3 is 2.44 bits per heavy atom. The van der Waals surface area contributed by atoms with E-state index in [1.165, 1.54) is 0 Å². The second-order valence-corrected chi connectivity index (χ2v) is 8.71. The average Bonchev–Trinajstić information content (AvgIpc) is 3.36. The monoisotopic (exact) mass is 456 g/mol. The second-order valence-electron chi connectivity index (χ2n) is 8.71. The lowest BCUT2D eigenvalue weighted by atomic mass is 9.97. The van der Waals surface area contributed by atoms with Crippen molar-refractivity contribution in [3.05, 3.63) is 71.4 Å². The molecule has 2 N–H and O–H groups in total. The predicted octanol–water partition coefficient (Wildman–Crippen LogP) is 3.38. The van der Waals surface area contributed by atoms with Crippen LogP contribution >= 0.6 is 0 Å². The smallest absolute Gasteiger partial charge is 0.326 e. The van der Waals surface area contributed by atoms with Crippen molar-refractivity contribution >= 4 is 17.7 Å². The highest BCUT2D eigenvalue weighted by Crippen LogP contribution is 2.40. The van der Waals surface area contributed by atoms with Crippen molar-refractivity contribution < 1.29 is 19.5 Å². The maximum absolute atomic E-state index is 13.4. The Balaban J connectivity index is 1.72. The van der Waals surface area contributed by atoms with Gasteiger partial charge in [0.25, 0.3) is 0 Å². The number of fused-ring (bicyclic) bond motifs is 3. The summed E-state index contributed by atoms with van der Waals surface area (Å²) in [7, 11) is 0. The van der Waals surface area contributed by atoms with Gasteiger partial charge in [0.05, 0.1) is 17.5 Å². The lowest BCUT2D eigenvalue weighted by Gasteiger charge is -2.17. The van der Waals surface area contributed by atoms with Gasteiger partial charge in [-0.1, -0.05) is 56.3 Å². The molecule has 172 valence electrons. The molecular weight excluding hydrogens is 432 g/mol. The summed E-state index contributed by atoms with van der Waals surface area (Å²) < 4.78 is 1.67. The van der Waals surface area contributed by atoms with Crippen LogP contribution in [-0.4, -0.2) is 38.6 Å². The van der Waals surface area contributed by atoms with Crippen LogP contribution in [0.15, 0.2) is 54.6 Å². The zero-order valence-corrected chi connectivity index (χ0v) is 18.9. The van der Waals surface area contributed by atoms with Crippen molar-refractivity contribution in [1.29, 1.82) is 5.26 Å². The highest BCUT2D eigenvalue weighted by molar-refractivity contribution is 6.13. The lowest BCUT2D eigenvalue weighted by molar-refractivity contribution is -0.142. The molecule has 1 aliphatic carbocycles. The van der Waals surface area contributed by atoms with Crippen LogP contribution in [0.1, 0.15) is 41.9 Å². The maximum Gasteiger partial charge on any atom is 0.326 e. The first-order valence-electron chi connectivity index (χ1n) is 11.0. The van der Waals surface area contributed by atoms with E-state index in [-0.39, 0.29) is 18.0 Å². The number of carboxylic acids is 1.